The lowest BCUT2D eigenvalue weighted by Crippen LogP contribution is -2.53. The molecule has 0 saturated carbocycles. The summed E-state index contributed by atoms with van der Waals surface area (Å²) in [6.07, 6.45) is -4.56. The molecule has 2 unspecified atom stereocenters. The molecule has 3 N–H and O–H groups in total. The van der Waals surface area contributed by atoms with E-state index in [2.05, 4.69) is 20.3 Å². The van der Waals surface area contributed by atoms with E-state index >= 15 is 0 Å². The third kappa shape index (κ3) is 4.96. The number of amidine groups is 1. The molecular weight excluding hydrogens is 434 g/mol. The minimum atomic E-state index is -4.79. The minimum Gasteiger partial charge on any atom is -0.480 e. The van der Waals surface area contributed by atoms with Crippen molar-refractivity contribution in [2.24, 2.45) is 10.7 Å². The first-order valence-electron chi connectivity index (χ1n) is 9.50. The fraction of sp³-hybridized carbons (Fsp3) is 0.400. The molecule has 0 radical (unpaired) electrons. The van der Waals surface area contributed by atoms with E-state index in [0.29, 0.717) is 5.69 Å². The van der Waals surface area contributed by atoms with Crippen LogP contribution >= 0.6 is 0 Å². The zero-order valence-corrected chi connectivity index (χ0v) is 17.2. The number of hydrogen-bond donors (Lipinski definition) is 2. The highest BCUT2D eigenvalue weighted by atomic mass is 19.4. The highest BCUT2D eigenvalue weighted by Crippen LogP contribution is 2.43. The van der Waals surface area contributed by atoms with Gasteiger partial charge in [0.1, 0.15) is 29.5 Å². The monoisotopic (exact) mass is 455 g/mol. The molecule has 0 aliphatic carbocycles. The number of carbonyl (C=O) groups excluding carboxylic acids is 1. The van der Waals surface area contributed by atoms with E-state index in [9.17, 15) is 22.4 Å². The fourth-order valence-electron chi connectivity index (χ4n) is 3.37. The average Bonchev–Trinajstić information content (AvgIpc) is 2.73. The summed E-state index contributed by atoms with van der Waals surface area (Å²) in [4.78, 5) is 24.0. The van der Waals surface area contributed by atoms with E-state index in [-0.39, 0.29) is 41.7 Å². The molecule has 0 fully saturated rings. The van der Waals surface area contributed by atoms with Gasteiger partial charge in [0.25, 0.3) is 0 Å². The zero-order valence-electron chi connectivity index (χ0n) is 17.2. The maximum atomic E-state index is 14.6. The second-order valence-electron chi connectivity index (χ2n) is 7.22. The van der Waals surface area contributed by atoms with Crippen molar-refractivity contribution >= 4 is 17.3 Å². The molecule has 32 heavy (non-hydrogen) atoms. The summed E-state index contributed by atoms with van der Waals surface area (Å²) in [6.45, 7) is 0.736. The topological polar surface area (TPSA) is 112 Å². The number of aliphatic imine (C=N–C) groups is 1. The third-order valence-corrected chi connectivity index (χ3v) is 4.90. The molecule has 3 rings (SSSR count). The van der Waals surface area contributed by atoms with Gasteiger partial charge in [0.15, 0.2) is 11.9 Å². The fourth-order valence-corrected chi connectivity index (χ4v) is 3.37. The van der Waals surface area contributed by atoms with E-state index in [0.717, 1.165) is 13.0 Å². The van der Waals surface area contributed by atoms with Gasteiger partial charge in [-0.1, -0.05) is 0 Å². The van der Waals surface area contributed by atoms with Gasteiger partial charge in [-0.2, -0.15) is 13.2 Å². The molecule has 1 aromatic carbocycles. The van der Waals surface area contributed by atoms with Crippen LogP contribution in [-0.4, -0.2) is 54.1 Å². The van der Waals surface area contributed by atoms with Crippen LogP contribution in [0.2, 0.25) is 0 Å². The number of rotatable bonds is 7. The van der Waals surface area contributed by atoms with Gasteiger partial charge in [-0.15, -0.1) is 0 Å². The summed E-state index contributed by atoms with van der Waals surface area (Å²) in [6, 6.07) is 3.57. The van der Waals surface area contributed by atoms with Crippen LogP contribution < -0.4 is 15.8 Å². The number of ether oxygens (including phenoxy) is 2. The van der Waals surface area contributed by atoms with Crippen molar-refractivity contribution < 1.29 is 31.8 Å². The second-order valence-corrected chi connectivity index (χ2v) is 7.22. The maximum Gasteiger partial charge on any atom is 0.417 e. The van der Waals surface area contributed by atoms with Gasteiger partial charge in [-0.05, 0) is 25.1 Å². The molecule has 2 atom stereocenters. The number of methoxy groups -OCH3 is 1. The van der Waals surface area contributed by atoms with Gasteiger partial charge < -0.3 is 20.5 Å². The van der Waals surface area contributed by atoms with Crippen LogP contribution in [0.15, 0.2) is 35.6 Å². The first-order chi connectivity index (χ1) is 15.0. The van der Waals surface area contributed by atoms with Crippen molar-refractivity contribution in [3.05, 3.63) is 47.7 Å². The maximum absolute atomic E-state index is 14.6. The summed E-state index contributed by atoms with van der Waals surface area (Å²) < 4.78 is 65.0. The number of halogens is 4. The largest absolute Gasteiger partial charge is 0.480 e. The molecule has 2 aromatic rings. The van der Waals surface area contributed by atoms with Crippen LogP contribution in [0.3, 0.4) is 0 Å². The Bertz CT molecular complexity index is 1010. The standard InChI is InChI=1S/C20H21F4N5O3/c1-19(18(20(22,23)24)32-10-16(25)29-19)12-7-11(3-4-13(12)21)26-6-5-15(30)14-8-28-17(31-2)9-27-14/h3-4,7-9,18,26H,5-6,10H2,1-2H3,(H2,25,29). The van der Waals surface area contributed by atoms with Gasteiger partial charge in [0.05, 0.1) is 19.5 Å². The minimum absolute atomic E-state index is 0.0182. The molecule has 0 spiro atoms. The average molecular weight is 455 g/mol. The quantitative estimate of drug-likeness (QED) is 0.488. The number of nitrogens with one attached hydrogen (secondary N) is 1. The number of nitrogens with two attached hydrogens (primary N) is 1. The smallest absolute Gasteiger partial charge is 0.417 e. The van der Waals surface area contributed by atoms with Crippen molar-refractivity contribution in [1.82, 2.24) is 9.97 Å². The molecule has 8 nitrogen and oxygen atoms in total. The van der Waals surface area contributed by atoms with E-state index in [1.807, 2.05) is 0 Å². The number of aromatic nitrogens is 2. The zero-order chi connectivity index (χ0) is 23.5. The van der Waals surface area contributed by atoms with E-state index in [1.54, 1.807) is 0 Å². The number of carbonyl (C=O) groups is 1. The molecule has 12 heteroatoms. The molecule has 1 aliphatic rings. The summed E-state index contributed by atoms with van der Waals surface area (Å²) in [5.41, 5.74) is 3.58. The third-order valence-electron chi connectivity index (χ3n) is 4.90. The molecule has 172 valence electrons. The van der Waals surface area contributed by atoms with Gasteiger partial charge in [-0.3, -0.25) is 9.79 Å². The Labute approximate surface area is 180 Å². The van der Waals surface area contributed by atoms with Crippen molar-refractivity contribution in [1.29, 1.82) is 0 Å². The Hall–Kier alpha value is -3.28. The Morgan fingerprint density at radius 1 is 1.34 bits per heavy atom. The van der Waals surface area contributed by atoms with E-state index < -0.39 is 30.2 Å². The van der Waals surface area contributed by atoms with Crippen molar-refractivity contribution in [3.63, 3.8) is 0 Å². The summed E-state index contributed by atoms with van der Waals surface area (Å²) >= 11 is 0. The lowest BCUT2D eigenvalue weighted by atomic mass is 9.84. The van der Waals surface area contributed by atoms with Gasteiger partial charge in [-0.25, -0.2) is 14.4 Å². The molecule has 0 saturated heterocycles. The van der Waals surface area contributed by atoms with Crippen molar-refractivity contribution in [3.8, 4) is 5.88 Å². The number of nitrogens with zero attached hydrogens (tertiary/aromatic N) is 3. The number of Topliss-reactive ketones (excluding diaryl/α,β-unsaturated/α-hetero) is 1. The first-order valence-corrected chi connectivity index (χ1v) is 9.50. The predicted molar refractivity (Wildman–Crippen MR) is 107 cm³/mol. The Morgan fingerprint density at radius 2 is 2.09 bits per heavy atom. The molecule has 0 amide bonds. The highest BCUT2D eigenvalue weighted by molar-refractivity contribution is 5.94. The molecule has 0 bridgehead atoms. The Kier molecular flexibility index (Phi) is 6.63. The summed E-state index contributed by atoms with van der Waals surface area (Å²) in [5.74, 6) is -1.10. The molecule has 2 heterocycles. The van der Waals surface area contributed by atoms with Crippen LogP contribution in [0.1, 0.15) is 29.4 Å². The van der Waals surface area contributed by atoms with Crippen LogP contribution in [0.5, 0.6) is 5.88 Å². The molecule has 1 aliphatic heterocycles. The number of hydrogen-bond acceptors (Lipinski definition) is 8. The van der Waals surface area contributed by atoms with Gasteiger partial charge in [0, 0.05) is 24.2 Å². The lowest BCUT2D eigenvalue weighted by Gasteiger charge is -2.39. The number of benzene rings is 1. The SMILES string of the molecule is COc1cnc(C(=O)CCNc2ccc(F)c(C3(C)N=C(N)COC3C(F)(F)F)c2)cn1. The van der Waals surface area contributed by atoms with Gasteiger partial charge >= 0.3 is 6.18 Å². The van der Waals surface area contributed by atoms with E-state index in [1.165, 1.54) is 31.6 Å². The van der Waals surface area contributed by atoms with Gasteiger partial charge in [0.2, 0.25) is 5.88 Å². The number of alkyl halides is 3. The Balaban J connectivity index is 1.76. The Morgan fingerprint density at radius 3 is 2.72 bits per heavy atom. The second kappa shape index (κ2) is 9.07. The highest BCUT2D eigenvalue weighted by Gasteiger charge is 2.56. The normalized spacial score (nSPS) is 21.1. The van der Waals surface area contributed by atoms with E-state index in [4.69, 9.17) is 15.2 Å². The van der Waals surface area contributed by atoms with Crippen LogP contribution in [-0.2, 0) is 10.3 Å². The summed E-state index contributed by atoms with van der Waals surface area (Å²) in [5, 5.41) is 2.89. The molecule has 1 aromatic heterocycles. The summed E-state index contributed by atoms with van der Waals surface area (Å²) in [7, 11) is 1.42. The van der Waals surface area contributed by atoms with Crippen LogP contribution in [0, 0.1) is 5.82 Å². The number of ketones is 1. The first kappa shape index (κ1) is 23.4. The molecular formula is C20H21F4N5O3. The predicted octanol–water partition coefficient (Wildman–Crippen LogP) is 2.84. The van der Waals surface area contributed by atoms with Crippen molar-refractivity contribution in [2.75, 3.05) is 25.6 Å². The lowest BCUT2D eigenvalue weighted by molar-refractivity contribution is -0.238. The van der Waals surface area contributed by atoms with Crippen LogP contribution in [0.25, 0.3) is 0 Å². The number of anilines is 1. The van der Waals surface area contributed by atoms with Crippen LogP contribution in [0.4, 0.5) is 23.2 Å². The van der Waals surface area contributed by atoms with Crippen molar-refractivity contribution in [2.45, 2.75) is 31.2 Å².